The normalized spacial score (nSPS) is 19.3. The molecule has 1 atom stereocenters. The third kappa shape index (κ3) is 2.07. The van der Waals surface area contributed by atoms with Crippen LogP contribution >= 0.6 is 0 Å². The second-order valence-corrected chi connectivity index (χ2v) is 5.30. The molecular formula is C16H21NO2. The van der Waals surface area contributed by atoms with Crippen molar-refractivity contribution in [3.8, 4) is 0 Å². The number of rotatable bonds is 5. The van der Waals surface area contributed by atoms with E-state index in [9.17, 15) is 0 Å². The molecule has 1 aliphatic rings. The Morgan fingerprint density at radius 3 is 2.74 bits per heavy atom. The van der Waals surface area contributed by atoms with Gasteiger partial charge >= 0.3 is 0 Å². The van der Waals surface area contributed by atoms with Crippen molar-refractivity contribution in [1.29, 1.82) is 0 Å². The minimum absolute atomic E-state index is 0.0934. The zero-order valence-electron chi connectivity index (χ0n) is 11.6. The van der Waals surface area contributed by atoms with E-state index in [-0.39, 0.29) is 11.6 Å². The number of furan rings is 1. The lowest BCUT2D eigenvalue weighted by Gasteiger charge is -2.45. The molecule has 2 aromatic rings. The van der Waals surface area contributed by atoms with Gasteiger partial charge < -0.3 is 14.5 Å². The summed E-state index contributed by atoms with van der Waals surface area (Å²) in [6.07, 6.45) is 3.42. The van der Waals surface area contributed by atoms with Crippen LogP contribution in [0.3, 0.4) is 0 Å². The predicted octanol–water partition coefficient (Wildman–Crippen LogP) is 3.65. The Balaban J connectivity index is 1.99. The fourth-order valence-corrected chi connectivity index (χ4v) is 3.03. The predicted molar refractivity (Wildman–Crippen MR) is 76.2 cm³/mol. The first-order valence-corrected chi connectivity index (χ1v) is 7.06. The van der Waals surface area contributed by atoms with Crippen LogP contribution in [0.5, 0.6) is 0 Å². The molecule has 1 aliphatic carbocycles. The van der Waals surface area contributed by atoms with E-state index in [1.807, 2.05) is 25.3 Å². The number of ether oxygens (including phenoxy) is 1. The van der Waals surface area contributed by atoms with Crippen LogP contribution < -0.4 is 5.32 Å². The van der Waals surface area contributed by atoms with Crippen molar-refractivity contribution in [1.82, 2.24) is 5.32 Å². The molecule has 19 heavy (non-hydrogen) atoms. The Morgan fingerprint density at radius 2 is 2.16 bits per heavy atom. The van der Waals surface area contributed by atoms with Gasteiger partial charge in [-0.15, -0.1) is 0 Å². The molecule has 1 fully saturated rings. The number of hydrogen-bond acceptors (Lipinski definition) is 3. The first-order valence-electron chi connectivity index (χ1n) is 7.06. The standard InChI is InChI=1S/C16H21NO2/c1-3-17-15(16(18-2)9-6-10-16)14-11-12-7-4-5-8-13(12)19-14/h4-5,7-8,11,15,17H,3,6,9-10H2,1-2H3. The van der Waals surface area contributed by atoms with Crippen LogP contribution in [0.15, 0.2) is 34.7 Å². The Kier molecular flexibility index (Phi) is 3.33. The molecule has 1 aromatic heterocycles. The van der Waals surface area contributed by atoms with Gasteiger partial charge in [-0.1, -0.05) is 25.1 Å². The summed E-state index contributed by atoms with van der Waals surface area (Å²) in [5.41, 5.74) is 0.857. The second kappa shape index (κ2) is 4.99. The zero-order valence-corrected chi connectivity index (χ0v) is 11.6. The summed E-state index contributed by atoms with van der Waals surface area (Å²) in [6.45, 7) is 3.03. The molecule has 3 rings (SSSR count). The third-order valence-corrected chi connectivity index (χ3v) is 4.27. The number of para-hydroxylation sites is 1. The maximum absolute atomic E-state index is 6.02. The summed E-state index contributed by atoms with van der Waals surface area (Å²) in [6, 6.07) is 10.4. The van der Waals surface area contributed by atoms with Gasteiger partial charge in [0.2, 0.25) is 0 Å². The van der Waals surface area contributed by atoms with Gasteiger partial charge in [0.15, 0.2) is 0 Å². The Hall–Kier alpha value is -1.32. The highest BCUT2D eigenvalue weighted by atomic mass is 16.5. The zero-order chi connectivity index (χ0) is 13.3. The van der Waals surface area contributed by atoms with Crippen molar-refractivity contribution in [2.24, 2.45) is 0 Å². The van der Waals surface area contributed by atoms with E-state index in [1.54, 1.807) is 0 Å². The number of fused-ring (bicyclic) bond motifs is 1. The van der Waals surface area contributed by atoms with Crippen LogP contribution in [0, 0.1) is 0 Å². The molecule has 102 valence electrons. The lowest BCUT2D eigenvalue weighted by molar-refractivity contribution is -0.103. The summed E-state index contributed by atoms with van der Waals surface area (Å²) in [5, 5.41) is 4.69. The van der Waals surface area contributed by atoms with Gasteiger partial charge in [0, 0.05) is 12.5 Å². The summed E-state index contributed by atoms with van der Waals surface area (Å²) < 4.78 is 11.8. The summed E-state index contributed by atoms with van der Waals surface area (Å²) in [4.78, 5) is 0. The highest BCUT2D eigenvalue weighted by molar-refractivity contribution is 5.77. The van der Waals surface area contributed by atoms with Crippen LogP contribution in [0.4, 0.5) is 0 Å². The smallest absolute Gasteiger partial charge is 0.134 e. The molecule has 1 aromatic carbocycles. The Morgan fingerprint density at radius 1 is 1.37 bits per heavy atom. The van der Waals surface area contributed by atoms with Crippen molar-refractivity contribution in [3.63, 3.8) is 0 Å². The number of methoxy groups -OCH3 is 1. The lowest BCUT2D eigenvalue weighted by atomic mass is 9.73. The average molecular weight is 259 g/mol. The lowest BCUT2D eigenvalue weighted by Crippen LogP contribution is -2.50. The molecular weight excluding hydrogens is 238 g/mol. The highest BCUT2D eigenvalue weighted by Gasteiger charge is 2.46. The molecule has 0 radical (unpaired) electrons. The van der Waals surface area contributed by atoms with E-state index in [4.69, 9.17) is 9.15 Å². The molecule has 0 aliphatic heterocycles. The van der Waals surface area contributed by atoms with E-state index in [1.165, 1.54) is 6.42 Å². The molecule has 1 heterocycles. The van der Waals surface area contributed by atoms with Gasteiger partial charge in [0.25, 0.3) is 0 Å². The first-order chi connectivity index (χ1) is 9.29. The highest BCUT2D eigenvalue weighted by Crippen LogP contribution is 2.45. The Labute approximate surface area is 113 Å². The molecule has 1 unspecified atom stereocenters. The summed E-state index contributed by atoms with van der Waals surface area (Å²) >= 11 is 0. The first kappa shape index (κ1) is 12.7. The topological polar surface area (TPSA) is 34.4 Å². The summed E-state index contributed by atoms with van der Waals surface area (Å²) in [7, 11) is 1.81. The van der Waals surface area contributed by atoms with Gasteiger partial charge in [-0.2, -0.15) is 0 Å². The quantitative estimate of drug-likeness (QED) is 0.890. The molecule has 1 N–H and O–H groups in total. The number of hydrogen-bond donors (Lipinski definition) is 1. The van der Waals surface area contributed by atoms with Crippen molar-refractivity contribution < 1.29 is 9.15 Å². The van der Waals surface area contributed by atoms with Gasteiger partial charge in [-0.25, -0.2) is 0 Å². The SMILES string of the molecule is CCNC(c1cc2ccccc2o1)C1(OC)CCC1. The van der Waals surface area contributed by atoms with Gasteiger partial charge in [-0.05, 0) is 37.9 Å². The molecule has 3 nitrogen and oxygen atoms in total. The van der Waals surface area contributed by atoms with E-state index in [0.29, 0.717) is 0 Å². The van der Waals surface area contributed by atoms with Crippen LogP contribution in [0.25, 0.3) is 11.0 Å². The van der Waals surface area contributed by atoms with Crippen molar-refractivity contribution in [3.05, 3.63) is 36.1 Å². The largest absolute Gasteiger partial charge is 0.459 e. The Bertz CT molecular complexity index is 518. The maximum atomic E-state index is 6.02. The molecule has 1 saturated carbocycles. The minimum Gasteiger partial charge on any atom is -0.459 e. The molecule has 3 heteroatoms. The van der Waals surface area contributed by atoms with Crippen molar-refractivity contribution >= 4 is 11.0 Å². The van der Waals surface area contributed by atoms with E-state index >= 15 is 0 Å². The van der Waals surface area contributed by atoms with Gasteiger partial charge in [0.1, 0.15) is 11.3 Å². The molecule has 0 bridgehead atoms. The average Bonchev–Trinajstić information content (AvgIpc) is 2.80. The monoisotopic (exact) mass is 259 g/mol. The fourth-order valence-electron chi connectivity index (χ4n) is 3.03. The minimum atomic E-state index is -0.0934. The number of likely N-dealkylation sites (N-methyl/N-ethyl adjacent to an activating group) is 1. The number of benzene rings is 1. The number of nitrogens with one attached hydrogen (secondary N) is 1. The second-order valence-electron chi connectivity index (χ2n) is 5.30. The van der Waals surface area contributed by atoms with E-state index < -0.39 is 0 Å². The van der Waals surface area contributed by atoms with Crippen LogP contribution in [0.1, 0.15) is 38.0 Å². The van der Waals surface area contributed by atoms with Crippen LogP contribution in [-0.2, 0) is 4.74 Å². The van der Waals surface area contributed by atoms with Gasteiger partial charge in [0.05, 0.1) is 11.6 Å². The fraction of sp³-hybridized carbons (Fsp3) is 0.500. The molecule has 0 amide bonds. The van der Waals surface area contributed by atoms with Crippen LogP contribution in [-0.4, -0.2) is 19.3 Å². The maximum Gasteiger partial charge on any atom is 0.134 e. The van der Waals surface area contributed by atoms with Crippen LogP contribution in [0.2, 0.25) is 0 Å². The van der Waals surface area contributed by atoms with Gasteiger partial charge in [-0.3, -0.25) is 0 Å². The van der Waals surface area contributed by atoms with Crippen molar-refractivity contribution in [2.45, 2.75) is 37.8 Å². The van der Waals surface area contributed by atoms with E-state index in [0.717, 1.165) is 36.1 Å². The summed E-state index contributed by atoms with van der Waals surface area (Å²) in [5.74, 6) is 0.990. The third-order valence-electron chi connectivity index (χ3n) is 4.27. The molecule has 0 spiro atoms. The van der Waals surface area contributed by atoms with E-state index in [2.05, 4.69) is 24.4 Å². The molecule has 0 saturated heterocycles. The van der Waals surface area contributed by atoms with Crippen molar-refractivity contribution in [2.75, 3.05) is 13.7 Å².